The number of nitrogens with one attached hydrogen (secondary N) is 1. The van der Waals surface area contributed by atoms with Gasteiger partial charge in [-0.25, -0.2) is 8.78 Å². The fourth-order valence-corrected chi connectivity index (χ4v) is 3.14. The first-order valence-corrected chi connectivity index (χ1v) is 7.72. The molecule has 1 unspecified atom stereocenters. The number of benzene rings is 1. The summed E-state index contributed by atoms with van der Waals surface area (Å²) in [6.07, 6.45) is 0.901. The van der Waals surface area contributed by atoms with Crippen LogP contribution in [0.5, 0.6) is 0 Å². The van der Waals surface area contributed by atoms with Crippen LogP contribution in [0.15, 0.2) is 33.4 Å². The third kappa shape index (κ3) is 3.41. The second-order valence-electron chi connectivity index (χ2n) is 4.21. The van der Waals surface area contributed by atoms with Crippen molar-refractivity contribution in [3.05, 3.63) is 56.2 Å². The monoisotopic (exact) mass is 345 g/mol. The first-order valence-electron chi connectivity index (χ1n) is 6.04. The highest BCUT2D eigenvalue weighted by atomic mass is 79.9. The minimum Gasteiger partial charge on any atom is -0.306 e. The lowest BCUT2D eigenvalue weighted by Gasteiger charge is -2.19. The minimum atomic E-state index is -0.518. The van der Waals surface area contributed by atoms with Crippen LogP contribution in [-0.2, 0) is 0 Å². The van der Waals surface area contributed by atoms with Gasteiger partial charge in [-0.2, -0.15) is 0 Å². The zero-order valence-corrected chi connectivity index (χ0v) is 12.8. The SMILES string of the molecule is CCCNC(c1csc(Br)c1)c1c(F)cccc1F. The van der Waals surface area contributed by atoms with Crippen molar-refractivity contribution in [3.63, 3.8) is 0 Å². The predicted molar refractivity (Wildman–Crippen MR) is 78.5 cm³/mol. The quantitative estimate of drug-likeness (QED) is 0.814. The molecule has 0 fully saturated rings. The second kappa shape index (κ2) is 6.59. The molecule has 0 spiro atoms. The zero-order chi connectivity index (χ0) is 13.8. The topological polar surface area (TPSA) is 12.0 Å². The van der Waals surface area contributed by atoms with Gasteiger partial charge in [0.05, 0.1) is 9.83 Å². The van der Waals surface area contributed by atoms with Crippen LogP contribution >= 0.6 is 27.3 Å². The summed E-state index contributed by atoms with van der Waals surface area (Å²) in [5.41, 5.74) is 0.954. The molecule has 1 aromatic carbocycles. The van der Waals surface area contributed by atoms with Crippen LogP contribution in [-0.4, -0.2) is 6.54 Å². The summed E-state index contributed by atoms with van der Waals surface area (Å²) in [7, 11) is 0. The van der Waals surface area contributed by atoms with Crippen molar-refractivity contribution in [2.75, 3.05) is 6.54 Å². The summed E-state index contributed by atoms with van der Waals surface area (Å²) in [6, 6.07) is 5.41. The molecule has 0 bridgehead atoms. The molecular weight excluding hydrogens is 332 g/mol. The molecule has 2 aromatic rings. The Hall–Kier alpha value is -0.780. The van der Waals surface area contributed by atoms with Gasteiger partial charge in [-0.1, -0.05) is 13.0 Å². The summed E-state index contributed by atoms with van der Waals surface area (Å²) in [6.45, 7) is 2.72. The Balaban J connectivity index is 2.42. The number of thiophene rings is 1. The molecule has 5 heteroatoms. The Morgan fingerprint density at radius 1 is 1.32 bits per heavy atom. The van der Waals surface area contributed by atoms with Crippen molar-refractivity contribution in [1.82, 2.24) is 5.32 Å². The van der Waals surface area contributed by atoms with Gasteiger partial charge in [0.25, 0.3) is 0 Å². The molecule has 0 saturated heterocycles. The van der Waals surface area contributed by atoms with Crippen molar-refractivity contribution in [2.45, 2.75) is 19.4 Å². The average molecular weight is 346 g/mol. The highest BCUT2D eigenvalue weighted by Crippen LogP contribution is 2.31. The van der Waals surface area contributed by atoms with Gasteiger partial charge in [-0.3, -0.25) is 0 Å². The molecule has 0 saturated carbocycles. The molecule has 1 atom stereocenters. The van der Waals surface area contributed by atoms with Crippen molar-refractivity contribution >= 4 is 27.3 Å². The molecule has 1 heterocycles. The number of rotatable bonds is 5. The van der Waals surface area contributed by atoms with Crippen LogP contribution < -0.4 is 5.32 Å². The minimum absolute atomic E-state index is 0.0845. The summed E-state index contributed by atoms with van der Waals surface area (Å²) in [5, 5.41) is 5.11. The number of hydrogen-bond acceptors (Lipinski definition) is 2. The van der Waals surface area contributed by atoms with Crippen LogP contribution in [0.3, 0.4) is 0 Å². The molecule has 0 radical (unpaired) electrons. The Labute approximate surface area is 123 Å². The maximum atomic E-state index is 13.9. The van der Waals surface area contributed by atoms with Gasteiger partial charge >= 0.3 is 0 Å². The van der Waals surface area contributed by atoms with Gasteiger partial charge in [0.2, 0.25) is 0 Å². The Bertz CT molecular complexity index is 536. The van der Waals surface area contributed by atoms with E-state index < -0.39 is 17.7 Å². The standard InChI is InChI=1S/C14H14BrF2NS/c1-2-6-18-14(9-7-12(15)19-8-9)13-10(16)4-3-5-11(13)17/h3-5,7-8,14,18H,2,6H2,1H3. The zero-order valence-electron chi connectivity index (χ0n) is 10.4. The molecule has 1 N–H and O–H groups in total. The van der Waals surface area contributed by atoms with E-state index in [0.717, 1.165) is 15.8 Å². The first-order chi connectivity index (χ1) is 9.13. The van der Waals surface area contributed by atoms with Gasteiger partial charge in [-0.15, -0.1) is 11.3 Å². The Morgan fingerprint density at radius 3 is 2.53 bits per heavy atom. The van der Waals surface area contributed by atoms with E-state index in [-0.39, 0.29) is 5.56 Å². The summed E-state index contributed by atoms with van der Waals surface area (Å²) in [4.78, 5) is 0. The highest BCUT2D eigenvalue weighted by molar-refractivity contribution is 9.11. The average Bonchev–Trinajstić information content (AvgIpc) is 2.79. The van der Waals surface area contributed by atoms with Crippen LogP contribution in [0.25, 0.3) is 0 Å². The van der Waals surface area contributed by atoms with E-state index in [1.54, 1.807) is 0 Å². The van der Waals surface area contributed by atoms with Crippen molar-refractivity contribution in [3.8, 4) is 0 Å². The molecular formula is C14H14BrF2NS. The van der Waals surface area contributed by atoms with E-state index in [0.29, 0.717) is 6.54 Å². The van der Waals surface area contributed by atoms with Crippen molar-refractivity contribution < 1.29 is 8.78 Å². The smallest absolute Gasteiger partial charge is 0.131 e. The molecule has 102 valence electrons. The lowest BCUT2D eigenvalue weighted by molar-refractivity contribution is 0.503. The second-order valence-corrected chi connectivity index (χ2v) is 6.50. The fourth-order valence-electron chi connectivity index (χ4n) is 1.94. The Morgan fingerprint density at radius 2 is 2.00 bits per heavy atom. The van der Waals surface area contributed by atoms with Gasteiger partial charge in [-0.05, 0) is 58.0 Å². The van der Waals surface area contributed by atoms with Crippen LogP contribution in [0.1, 0.15) is 30.5 Å². The molecule has 1 aromatic heterocycles. The third-order valence-corrected chi connectivity index (χ3v) is 4.33. The lowest BCUT2D eigenvalue weighted by Crippen LogP contribution is -2.24. The van der Waals surface area contributed by atoms with Crippen molar-refractivity contribution in [1.29, 1.82) is 0 Å². The molecule has 0 amide bonds. The van der Waals surface area contributed by atoms with E-state index in [4.69, 9.17) is 0 Å². The molecule has 0 aliphatic rings. The fraction of sp³-hybridized carbons (Fsp3) is 0.286. The molecule has 1 nitrogen and oxygen atoms in total. The predicted octanol–water partition coefficient (Wildman–Crippen LogP) is 4.88. The molecule has 2 rings (SSSR count). The van der Waals surface area contributed by atoms with E-state index in [1.165, 1.54) is 29.5 Å². The normalized spacial score (nSPS) is 12.6. The van der Waals surface area contributed by atoms with E-state index in [1.807, 2.05) is 18.4 Å². The van der Waals surface area contributed by atoms with E-state index in [2.05, 4.69) is 21.2 Å². The number of halogens is 3. The summed E-state index contributed by atoms with van der Waals surface area (Å²) >= 11 is 4.89. The van der Waals surface area contributed by atoms with Crippen LogP contribution in [0.4, 0.5) is 8.78 Å². The first kappa shape index (κ1) is 14.6. The van der Waals surface area contributed by atoms with Gasteiger partial charge in [0.15, 0.2) is 0 Å². The molecule has 19 heavy (non-hydrogen) atoms. The Kier molecular flexibility index (Phi) is 5.07. The van der Waals surface area contributed by atoms with Crippen LogP contribution in [0.2, 0.25) is 0 Å². The van der Waals surface area contributed by atoms with Crippen LogP contribution in [0, 0.1) is 11.6 Å². The molecule has 0 aliphatic carbocycles. The highest BCUT2D eigenvalue weighted by Gasteiger charge is 2.22. The largest absolute Gasteiger partial charge is 0.306 e. The van der Waals surface area contributed by atoms with E-state index >= 15 is 0 Å². The van der Waals surface area contributed by atoms with E-state index in [9.17, 15) is 8.78 Å². The van der Waals surface area contributed by atoms with Gasteiger partial charge in [0, 0.05) is 5.56 Å². The lowest BCUT2D eigenvalue weighted by atomic mass is 10.00. The van der Waals surface area contributed by atoms with Gasteiger partial charge in [0.1, 0.15) is 11.6 Å². The summed E-state index contributed by atoms with van der Waals surface area (Å²) in [5.74, 6) is -1.04. The summed E-state index contributed by atoms with van der Waals surface area (Å²) < 4.78 is 28.8. The third-order valence-electron chi connectivity index (χ3n) is 2.81. The number of hydrogen-bond donors (Lipinski definition) is 1. The van der Waals surface area contributed by atoms with Gasteiger partial charge < -0.3 is 5.32 Å². The maximum Gasteiger partial charge on any atom is 0.131 e. The maximum absolute atomic E-state index is 13.9. The van der Waals surface area contributed by atoms with Crippen molar-refractivity contribution in [2.24, 2.45) is 0 Å². The molecule has 0 aliphatic heterocycles.